The molecule has 2 atom stereocenters. The van der Waals surface area contributed by atoms with Gasteiger partial charge in [-0.15, -0.1) is 0 Å². The summed E-state index contributed by atoms with van der Waals surface area (Å²) in [6.45, 7) is 9.82. The summed E-state index contributed by atoms with van der Waals surface area (Å²) in [5.74, 6) is -0.487. The first-order chi connectivity index (χ1) is 15.3. The second kappa shape index (κ2) is 10.6. The minimum absolute atomic E-state index is 0.00490. The van der Waals surface area contributed by atoms with Gasteiger partial charge < -0.3 is 14.4 Å². The van der Waals surface area contributed by atoms with Gasteiger partial charge in [0, 0.05) is 31.7 Å². The van der Waals surface area contributed by atoms with E-state index in [1.54, 1.807) is 31.2 Å². The van der Waals surface area contributed by atoms with E-state index < -0.39 is 5.97 Å². The van der Waals surface area contributed by atoms with E-state index in [9.17, 15) is 14.0 Å². The molecule has 1 heterocycles. The molecular weight excluding hydrogens is 411 g/mol. The molecule has 1 aliphatic heterocycles. The van der Waals surface area contributed by atoms with Crippen molar-refractivity contribution < 1.29 is 23.5 Å². The van der Waals surface area contributed by atoms with Crippen LogP contribution in [-0.2, 0) is 16.1 Å². The monoisotopic (exact) mass is 442 g/mol. The van der Waals surface area contributed by atoms with Crippen molar-refractivity contribution in [3.8, 4) is 5.75 Å². The summed E-state index contributed by atoms with van der Waals surface area (Å²) in [7, 11) is 0. The Morgan fingerprint density at radius 3 is 2.47 bits per heavy atom. The lowest BCUT2D eigenvalue weighted by Crippen LogP contribution is -2.58. The summed E-state index contributed by atoms with van der Waals surface area (Å²) in [5.41, 5.74) is 2.27. The zero-order valence-electron chi connectivity index (χ0n) is 19.1. The van der Waals surface area contributed by atoms with Crippen LogP contribution in [0.15, 0.2) is 42.5 Å². The summed E-state index contributed by atoms with van der Waals surface area (Å²) in [4.78, 5) is 29.3. The molecule has 3 rings (SSSR count). The van der Waals surface area contributed by atoms with E-state index in [0.717, 1.165) is 11.1 Å². The van der Waals surface area contributed by atoms with Crippen LogP contribution in [0.5, 0.6) is 5.75 Å². The first-order valence-electron chi connectivity index (χ1n) is 11.0. The van der Waals surface area contributed by atoms with Crippen LogP contribution in [0.1, 0.15) is 42.3 Å². The molecule has 0 aliphatic carbocycles. The number of ether oxygens (including phenoxy) is 2. The Balaban J connectivity index is 1.61. The molecule has 1 aliphatic rings. The molecule has 0 bridgehead atoms. The number of piperazine rings is 1. The lowest BCUT2D eigenvalue weighted by Gasteiger charge is -2.44. The molecule has 2 aromatic carbocycles. The fraction of sp³-hybridized carbons (Fsp3) is 0.440. The molecule has 172 valence electrons. The number of benzene rings is 2. The van der Waals surface area contributed by atoms with Crippen LogP contribution < -0.4 is 4.74 Å². The highest BCUT2D eigenvalue weighted by atomic mass is 19.1. The maximum atomic E-state index is 13.2. The lowest BCUT2D eigenvalue weighted by molar-refractivity contribution is -0.139. The van der Waals surface area contributed by atoms with Crippen molar-refractivity contribution in [1.29, 1.82) is 0 Å². The van der Waals surface area contributed by atoms with E-state index >= 15 is 0 Å². The maximum absolute atomic E-state index is 13.2. The highest BCUT2D eigenvalue weighted by Crippen LogP contribution is 2.23. The second-order valence-electron chi connectivity index (χ2n) is 8.31. The minimum Gasteiger partial charge on any atom is -0.483 e. The maximum Gasteiger partial charge on any atom is 0.341 e. The highest BCUT2D eigenvalue weighted by molar-refractivity contribution is 5.93. The van der Waals surface area contributed by atoms with Gasteiger partial charge in [0.2, 0.25) is 0 Å². The number of rotatable bonds is 7. The molecule has 32 heavy (non-hydrogen) atoms. The summed E-state index contributed by atoms with van der Waals surface area (Å²) in [5, 5.41) is 0. The normalized spacial score (nSPS) is 19.0. The van der Waals surface area contributed by atoms with Gasteiger partial charge in [-0.3, -0.25) is 9.69 Å². The third-order valence-electron chi connectivity index (χ3n) is 5.72. The lowest BCUT2D eigenvalue weighted by atomic mass is 10.1. The van der Waals surface area contributed by atoms with Gasteiger partial charge >= 0.3 is 5.97 Å². The molecule has 6 nitrogen and oxygen atoms in total. The summed E-state index contributed by atoms with van der Waals surface area (Å²) in [6.07, 6.45) is 0. The van der Waals surface area contributed by atoms with Crippen LogP contribution in [0, 0.1) is 12.7 Å². The van der Waals surface area contributed by atoms with Crippen molar-refractivity contribution in [2.45, 2.75) is 46.3 Å². The Hall–Kier alpha value is -2.93. The number of hydrogen-bond donors (Lipinski definition) is 0. The third kappa shape index (κ3) is 5.85. The van der Waals surface area contributed by atoms with Gasteiger partial charge in [-0.2, -0.15) is 0 Å². The fourth-order valence-corrected chi connectivity index (χ4v) is 3.95. The fourth-order valence-electron chi connectivity index (χ4n) is 3.95. The molecule has 2 unspecified atom stereocenters. The van der Waals surface area contributed by atoms with Gasteiger partial charge in [0.05, 0.1) is 6.61 Å². The number of carbonyl (C=O) groups excluding carboxylic acids is 2. The van der Waals surface area contributed by atoms with Crippen molar-refractivity contribution in [2.24, 2.45) is 0 Å². The highest BCUT2D eigenvalue weighted by Gasteiger charge is 2.32. The molecule has 1 saturated heterocycles. The first kappa shape index (κ1) is 23.7. The van der Waals surface area contributed by atoms with Crippen molar-refractivity contribution >= 4 is 11.9 Å². The van der Waals surface area contributed by atoms with Crippen LogP contribution >= 0.6 is 0 Å². The molecule has 7 heteroatoms. The second-order valence-corrected chi connectivity index (χ2v) is 8.31. The number of aryl methyl sites for hydroxylation is 1. The largest absolute Gasteiger partial charge is 0.483 e. The van der Waals surface area contributed by atoms with Crippen LogP contribution in [-0.4, -0.2) is 60.1 Å². The van der Waals surface area contributed by atoms with E-state index in [-0.39, 0.29) is 37.0 Å². The van der Waals surface area contributed by atoms with Crippen LogP contribution in [0.25, 0.3) is 0 Å². The van der Waals surface area contributed by atoms with Gasteiger partial charge in [-0.25, -0.2) is 9.18 Å². The molecule has 2 aromatic rings. The number of amides is 1. The number of carbonyl (C=O) groups is 2. The Morgan fingerprint density at radius 1 is 1.06 bits per heavy atom. The number of hydrogen-bond acceptors (Lipinski definition) is 5. The smallest absolute Gasteiger partial charge is 0.341 e. The van der Waals surface area contributed by atoms with Crippen LogP contribution in [0.4, 0.5) is 4.39 Å². The van der Waals surface area contributed by atoms with E-state index in [4.69, 9.17) is 9.47 Å². The van der Waals surface area contributed by atoms with Crippen molar-refractivity contribution in [3.05, 3.63) is 65.0 Å². The van der Waals surface area contributed by atoms with E-state index in [1.165, 1.54) is 12.1 Å². The predicted molar refractivity (Wildman–Crippen MR) is 120 cm³/mol. The Kier molecular flexibility index (Phi) is 7.85. The molecule has 1 amide bonds. The molecular formula is C25H31FN2O4. The predicted octanol–water partition coefficient (Wildman–Crippen LogP) is 3.81. The topological polar surface area (TPSA) is 59.1 Å². The SMILES string of the molecule is CCOC(=O)c1cc(C)ccc1OCC(=O)N1CC(C)N(Cc2ccc(F)cc2)CC1C. The molecule has 0 radical (unpaired) electrons. The van der Waals surface area contributed by atoms with Gasteiger partial charge in [0.15, 0.2) is 6.61 Å². The molecule has 0 N–H and O–H groups in total. The van der Waals surface area contributed by atoms with Crippen molar-refractivity contribution in [2.75, 3.05) is 26.3 Å². The van der Waals surface area contributed by atoms with Crippen molar-refractivity contribution in [1.82, 2.24) is 9.80 Å². The standard InChI is InChI=1S/C25H31FN2O4/c1-5-31-25(30)22-12-17(2)6-11-23(22)32-16-24(29)28-14-18(3)27(13-19(28)4)15-20-7-9-21(26)10-8-20/h6-12,18-19H,5,13-16H2,1-4H3. The van der Waals surface area contributed by atoms with Crippen molar-refractivity contribution in [3.63, 3.8) is 0 Å². The zero-order valence-corrected chi connectivity index (χ0v) is 19.1. The minimum atomic E-state index is -0.463. The van der Waals surface area contributed by atoms with Gasteiger partial charge in [0.1, 0.15) is 17.1 Å². The van der Waals surface area contributed by atoms with Crippen LogP contribution in [0.2, 0.25) is 0 Å². The zero-order chi connectivity index (χ0) is 23.3. The Bertz CT molecular complexity index is 947. The number of nitrogens with zero attached hydrogens (tertiary/aromatic N) is 2. The van der Waals surface area contributed by atoms with E-state index in [1.807, 2.05) is 24.8 Å². The first-order valence-corrected chi connectivity index (χ1v) is 11.0. The summed E-state index contributed by atoms with van der Waals surface area (Å²) in [6, 6.07) is 11.9. The average molecular weight is 443 g/mol. The van der Waals surface area contributed by atoms with Gasteiger partial charge in [0.25, 0.3) is 5.91 Å². The number of esters is 1. The van der Waals surface area contributed by atoms with Gasteiger partial charge in [-0.1, -0.05) is 23.8 Å². The van der Waals surface area contributed by atoms with E-state index in [0.29, 0.717) is 30.9 Å². The van der Waals surface area contributed by atoms with Crippen LogP contribution in [0.3, 0.4) is 0 Å². The number of halogens is 1. The third-order valence-corrected chi connectivity index (χ3v) is 5.72. The molecule has 0 aromatic heterocycles. The van der Waals surface area contributed by atoms with E-state index in [2.05, 4.69) is 11.8 Å². The Morgan fingerprint density at radius 2 is 1.78 bits per heavy atom. The molecule has 0 spiro atoms. The van der Waals surface area contributed by atoms with Gasteiger partial charge in [-0.05, 0) is 57.5 Å². The average Bonchev–Trinajstić information content (AvgIpc) is 2.76. The Labute approximate surface area is 188 Å². The molecule has 0 saturated carbocycles. The molecule has 1 fully saturated rings. The summed E-state index contributed by atoms with van der Waals surface area (Å²) >= 11 is 0. The quantitative estimate of drug-likeness (QED) is 0.611. The summed E-state index contributed by atoms with van der Waals surface area (Å²) < 4.78 is 24.0.